The minimum absolute atomic E-state index is 0.466. The van der Waals surface area contributed by atoms with Gasteiger partial charge in [-0.2, -0.15) is 0 Å². The molecule has 1 N–H and O–H groups in total. The van der Waals surface area contributed by atoms with Gasteiger partial charge in [-0.3, -0.25) is 0 Å². The number of anilines is 1. The summed E-state index contributed by atoms with van der Waals surface area (Å²) in [5, 5.41) is 3.12. The molecule has 1 fully saturated rings. The van der Waals surface area contributed by atoms with Crippen LogP contribution < -0.4 is 10.1 Å². The van der Waals surface area contributed by atoms with Gasteiger partial charge in [-0.15, -0.1) is 11.8 Å². The van der Waals surface area contributed by atoms with Crippen molar-refractivity contribution in [2.75, 3.05) is 18.6 Å². The molecule has 0 saturated heterocycles. The Kier molecular flexibility index (Phi) is 2.87. The Morgan fingerprint density at radius 3 is 2.79 bits per heavy atom. The van der Waals surface area contributed by atoms with Crippen LogP contribution in [0.4, 0.5) is 5.69 Å². The molecule has 1 aliphatic rings. The van der Waals surface area contributed by atoms with Crippen LogP contribution in [0.15, 0.2) is 23.1 Å². The standard InChI is InChI=1S/C11H15NOS/c1-12-8-3-6-11(14-2)10(7-8)13-9-4-5-9/h3,6-7,9,12H,4-5H2,1-2H3. The first-order valence-electron chi connectivity index (χ1n) is 4.86. The molecule has 2 rings (SSSR count). The smallest absolute Gasteiger partial charge is 0.135 e. The number of rotatable bonds is 4. The van der Waals surface area contributed by atoms with Crippen LogP contribution >= 0.6 is 11.8 Å². The molecule has 1 aromatic rings. The molecule has 1 saturated carbocycles. The van der Waals surface area contributed by atoms with E-state index >= 15 is 0 Å². The Hall–Kier alpha value is -0.830. The van der Waals surface area contributed by atoms with Gasteiger partial charge in [-0.25, -0.2) is 0 Å². The highest BCUT2D eigenvalue weighted by molar-refractivity contribution is 7.98. The molecule has 0 aliphatic heterocycles. The van der Waals surface area contributed by atoms with Crippen molar-refractivity contribution in [3.05, 3.63) is 18.2 Å². The van der Waals surface area contributed by atoms with Crippen molar-refractivity contribution in [1.29, 1.82) is 0 Å². The van der Waals surface area contributed by atoms with Crippen molar-refractivity contribution in [2.24, 2.45) is 0 Å². The predicted molar refractivity (Wildman–Crippen MR) is 61.4 cm³/mol. The van der Waals surface area contributed by atoms with Crippen LogP contribution in [0, 0.1) is 0 Å². The van der Waals surface area contributed by atoms with Crippen LogP contribution in [0.25, 0.3) is 0 Å². The molecule has 0 spiro atoms. The van der Waals surface area contributed by atoms with E-state index in [2.05, 4.69) is 29.8 Å². The SMILES string of the molecule is CNc1ccc(SC)c(OC2CC2)c1. The van der Waals surface area contributed by atoms with Crippen LogP contribution in [-0.2, 0) is 0 Å². The second-order valence-corrected chi connectivity index (χ2v) is 4.28. The van der Waals surface area contributed by atoms with E-state index in [-0.39, 0.29) is 0 Å². The van der Waals surface area contributed by atoms with E-state index in [0.717, 1.165) is 11.4 Å². The molecule has 76 valence electrons. The molecule has 1 aliphatic carbocycles. The monoisotopic (exact) mass is 209 g/mol. The van der Waals surface area contributed by atoms with Crippen molar-refractivity contribution in [1.82, 2.24) is 0 Å². The zero-order valence-electron chi connectivity index (χ0n) is 8.54. The second kappa shape index (κ2) is 4.13. The maximum atomic E-state index is 5.83. The molecular weight excluding hydrogens is 194 g/mol. The number of hydrogen-bond donors (Lipinski definition) is 1. The van der Waals surface area contributed by atoms with E-state index in [1.165, 1.54) is 17.7 Å². The quantitative estimate of drug-likeness (QED) is 0.770. The lowest BCUT2D eigenvalue weighted by Crippen LogP contribution is -1.98. The number of hydrogen-bond acceptors (Lipinski definition) is 3. The number of nitrogens with one attached hydrogen (secondary N) is 1. The first-order chi connectivity index (χ1) is 6.83. The fraction of sp³-hybridized carbons (Fsp3) is 0.455. The third kappa shape index (κ3) is 2.15. The minimum Gasteiger partial charge on any atom is -0.489 e. The van der Waals surface area contributed by atoms with Gasteiger partial charge in [-0.05, 0) is 31.2 Å². The summed E-state index contributed by atoms with van der Waals surface area (Å²) < 4.78 is 5.83. The molecule has 0 amide bonds. The summed E-state index contributed by atoms with van der Waals surface area (Å²) in [5.74, 6) is 1.02. The van der Waals surface area contributed by atoms with Crippen molar-refractivity contribution in [3.8, 4) is 5.75 Å². The molecule has 0 aromatic heterocycles. The Morgan fingerprint density at radius 2 is 2.21 bits per heavy atom. The van der Waals surface area contributed by atoms with E-state index in [4.69, 9.17) is 4.74 Å². The average Bonchev–Trinajstić information content (AvgIpc) is 3.01. The summed E-state index contributed by atoms with van der Waals surface area (Å²) in [4.78, 5) is 1.22. The summed E-state index contributed by atoms with van der Waals surface area (Å²) in [7, 11) is 1.93. The molecule has 3 heteroatoms. The molecule has 0 unspecified atom stereocenters. The largest absolute Gasteiger partial charge is 0.489 e. The highest BCUT2D eigenvalue weighted by Gasteiger charge is 2.24. The van der Waals surface area contributed by atoms with Crippen molar-refractivity contribution < 1.29 is 4.74 Å². The maximum absolute atomic E-state index is 5.83. The van der Waals surface area contributed by atoms with Gasteiger partial charge < -0.3 is 10.1 Å². The van der Waals surface area contributed by atoms with E-state index in [1.807, 2.05) is 7.05 Å². The Morgan fingerprint density at radius 1 is 1.43 bits per heavy atom. The lowest BCUT2D eigenvalue weighted by Gasteiger charge is -2.10. The molecule has 2 nitrogen and oxygen atoms in total. The van der Waals surface area contributed by atoms with Crippen LogP contribution in [0.5, 0.6) is 5.75 Å². The zero-order chi connectivity index (χ0) is 9.97. The van der Waals surface area contributed by atoms with Crippen LogP contribution in [0.2, 0.25) is 0 Å². The molecule has 14 heavy (non-hydrogen) atoms. The molecule has 0 radical (unpaired) electrons. The Labute approximate surface area is 89.0 Å². The highest BCUT2D eigenvalue weighted by atomic mass is 32.2. The van der Waals surface area contributed by atoms with Crippen LogP contribution in [-0.4, -0.2) is 19.4 Å². The summed E-state index contributed by atoms with van der Waals surface area (Å²) in [5.41, 5.74) is 1.11. The van der Waals surface area contributed by atoms with E-state index in [1.54, 1.807) is 11.8 Å². The van der Waals surface area contributed by atoms with Gasteiger partial charge in [0.2, 0.25) is 0 Å². The normalized spacial score (nSPS) is 15.3. The molecule has 0 atom stereocenters. The van der Waals surface area contributed by atoms with E-state index in [0.29, 0.717) is 6.10 Å². The Bertz CT molecular complexity index is 323. The Balaban J connectivity index is 2.21. The highest BCUT2D eigenvalue weighted by Crippen LogP contribution is 2.35. The fourth-order valence-corrected chi connectivity index (χ4v) is 1.80. The van der Waals surface area contributed by atoms with Crippen LogP contribution in [0.3, 0.4) is 0 Å². The molecule has 1 aromatic carbocycles. The fourth-order valence-electron chi connectivity index (χ4n) is 1.29. The lowest BCUT2D eigenvalue weighted by atomic mass is 10.3. The van der Waals surface area contributed by atoms with Gasteiger partial charge in [0, 0.05) is 23.7 Å². The summed E-state index contributed by atoms with van der Waals surface area (Å²) in [6.45, 7) is 0. The van der Waals surface area contributed by atoms with E-state index in [9.17, 15) is 0 Å². The van der Waals surface area contributed by atoms with Gasteiger partial charge in [-0.1, -0.05) is 0 Å². The summed E-state index contributed by atoms with van der Waals surface area (Å²) in [6.07, 6.45) is 4.96. The van der Waals surface area contributed by atoms with Crippen molar-refractivity contribution in [2.45, 2.75) is 23.8 Å². The average molecular weight is 209 g/mol. The number of benzene rings is 1. The molecule has 0 heterocycles. The summed E-state index contributed by atoms with van der Waals surface area (Å²) in [6, 6.07) is 6.25. The maximum Gasteiger partial charge on any atom is 0.135 e. The third-order valence-electron chi connectivity index (χ3n) is 2.27. The number of thioether (sulfide) groups is 1. The lowest BCUT2D eigenvalue weighted by molar-refractivity contribution is 0.296. The second-order valence-electron chi connectivity index (χ2n) is 3.43. The van der Waals surface area contributed by atoms with Gasteiger partial charge in [0.1, 0.15) is 5.75 Å². The third-order valence-corrected chi connectivity index (χ3v) is 3.05. The zero-order valence-corrected chi connectivity index (χ0v) is 9.36. The molecular formula is C11H15NOS. The minimum atomic E-state index is 0.466. The first kappa shape index (κ1) is 9.71. The summed E-state index contributed by atoms with van der Waals surface area (Å²) >= 11 is 1.73. The van der Waals surface area contributed by atoms with Gasteiger partial charge in [0.15, 0.2) is 0 Å². The van der Waals surface area contributed by atoms with E-state index < -0.39 is 0 Å². The molecule has 0 bridgehead atoms. The van der Waals surface area contributed by atoms with Gasteiger partial charge in [0.05, 0.1) is 6.10 Å². The number of ether oxygens (including phenoxy) is 1. The van der Waals surface area contributed by atoms with Gasteiger partial charge in [0.25, 0.3) is 0 Å². The van der Waals surface area contributed by atoms with Crippen LogP contribution in [0.1, 0.15) is 12.8 Å². The topological polar surface area (TPSA) is 21.3 Å². The van der Waals surface area contributed by atoms with Crippen molar-refractivity contribution in [3.63, 3.8) is 0 Å². The predicted octanol–water partition coefficient (Wildman–Crippen LogP) is 2.99. The van der Waals surface area contributed by atoms with Gasteiger partial charge >= 0.3 is 0 Å². The first-order valence-corrected chi connectivity index (χ1v) is 6.08. The van der Waals surface area contributed by atoms with Crippen molar-refractivity contribution >= 4 is 17.4 Å².